The van der Waals surface area contributed by atoms with Gasteiger partial charge in [0.25, 0.3) is 0 Å². The Morgan fingerprint density at radius 1 is 1.12 bits per heavy atom. The molecule has 0 radical (unpaired) electrons. The van der Waals surface area contributed by atoms with Crippen molar-refractivity contribution < 1.29 is 13.6 Å². The van der Waals surface area contributed by atoms with Gasteiger partial charge in [0, 0.05) is 18.2 Å². The molecule has 3 aromatic rings. The lowest BCUT2D eigenvalue weighted by Crippen LogP contribution is -2.32. The number of carbonyl (C=O) groups excluding carboxylic acids is 1. The minimum absolute atomic E-state index is 0.189. The minimum Gasteiger partial charge on any atom is -0.337 e. The highest BCUT2D eigenvalue weighted by atomic mass is 19.3. The second-order valence-electron chi connectivity index (χ2n) is 5.71. The van der Waals surface area contributed by atoms with Crippen molar-refractivity contribution in [3.05, 3.63) is 60.4 Å². The van der Waals surface area contributed by atoms with Crippen LogP contribution in [-0.4, -0.2) is 22.1 Å². The molecule has 0 bridgehead atoms. The standard InChI is InChI=1S/C18H18F2N4O/c1-12(11-21-18(25)22-13-7-3-2-4-8-13)16-23-14-9-5-6-10-15(14)24(16)17(19)20/h2-10,12,17H,11H2,1H3,(H2,21,22,25)/t12-/m1/s1. The van der Waals surface area contributed by atoms with Crippen molar-refractivity contribution in [1.29, 1.82) is 0 Å². The number of rotatable bonds is 5. The number of aromatic nitrogens is 2. The van der Waals surface area contributed by atoms with E-state index in [-0.39, 0.29) is 18.3 Å². The Morgan fingerprint density at radius 2 is 1.80 bits per heavy atom. The Morgan fingerprint density at radius 3 is 2.52 bits per heavy atom. The van der Waals surface area contributed by atoms with Crippen LogP contribution < -0.4 is 10.6 Å². The van der Waals surface area contributed by atoms with Crippen molar-refractivity contribution in [2.24, 2.45) is 0 Å². The van der Waals surface area contributed by atoms with Crippen molar-refractivity contribution >= 4 is 22.8 Å². The summed E-state index contributed by atoms with van der Waals surface area (Å²) in [4.78, 5) is 16.2. The number of alkyl halides is 2. The average Bonchev–Trinajstić information content (AvgIpc) is 3.00. The Kier molecular flexibility index (Phi) is 4.92. The zero-order valence-electron chi connectivity index (χ0n) is 13.6. The van der Waals surface area contributed by atoms with Gasteiger partial charge in [0.05, 0.1) is 11.0 Å². The van der Waals surface area contributed by atoms with Crippen LogP contribution in [0.1, 0.15) is 25.2 Å². The molecule has 0 unspecified atom stereocenters. The van der Waals surface area contributed by atoms with E-state index in [9.17, 15) is 13.6 Å². The van der Waals surface area contributed by atoms with Crippen molar-refractivity contribution in [3.63, 3.8) is 0 Å². The van der Waals surface area contributed by atoms with Gasteiger partial charge in [-0.1, -0.05) is 37.3 Å². The maximum atomic E-state index is 13.5. The number of hydrogen-bond acceptors (Lipinski definition) is 2. The highest BCUT2D eigenvalue weighted by Gasteiger charge is 2.22. The largest absolute Gasteiger partial charge is 0.337 e. The number of urea groups is 1. The lowest BCUT2D eigenvalue weighted by Gasteiger charge is -2.15. The molecule has 0 fully saturated rings. The second-order valence-corrected chi connectivity index (χ2v) is 5.71. The highest BCUT2D eigenvalue weighted by molar-refractivity contribution is 5.89. The average molecular weight is 344 g/mol. The van der Waals surface area contributed by atoms with Crippen molar-refractivity contribution in [1.82, 2.24) is 14.9 Å². The molecule has 1 aromatic heterocycles. The topological polar surface area (TPSA) is 59.0 Å². The summed E-state index contributed by atoms with van der Waals surface area (Å²) in [6, 6.07) is 15.4. The number of nitrogens with zero attached hydrogens (tertiary/aromatic N) is 2. The van der Waals surface area contributed by atoms with Crippen LogP contribution >= 0.6 is 0 Å². The number of amides is 2. The first-order chi connectivity index (χ1) is 12.1. The first kappa shape index (κ1) is 16.9. The Balaban J connectivity index is 1.71. The van der Waals surface area contributed by atoms with Crippen LogP contribution in [0.3, 0.4) is 0 Å². The van der Waals surface area contributed by atoms with Gasteiger partial charge in [0.2, 0.25) is 0 Å². The van der Waals surface area contributed by atoms with E-state index in [1.807, 2.05) is 18.2 Å². The van der Waals surface area contributed by atoms with Gasteiger partial charge in [0.1, 0.15) is 5.82 Å². The molecule has 0 aliphatic heterocycles. The molecule has 5 nitrogen and oxygen atoms in total. The highest BCUT2D eigenvalue weighted by Crippen LogP contribution is 2.27. The number of fused-ring (bicyclic) bond motifs is 1. The predicted molar refractivity (Wildman–Crippen MR) is 92.9 cm³/mol. The van der Waals surface area contributed by atoms with Crippen LogP contribution in [-0.2, 0) is 0 Å². The molecule has 0 saturated heterocycles. The van der Waals surface area contributed by atoms with Crippen LogP contribution in [0.15, 0.2) is 54.6 Å². The Hall–Kier alpha value is -2.96. The smallest absolute Gasteiger partial charge is 0.320 e. The van der Waals surface area contributed by atoms with Crippen molar-refractivity contribution in [2.75, 3.05) is 11.9 Å². The normalized spacial score (nSPS) is 12.3. The number of imidazole rings is 1. The van der Waals surface area contributed by atoms with Gasteiger partial charge in [-0.2, -0.15) is 8.78 Å². The molecule has 0 saturated carbocycles. The maximum absolute atomic E-state index is 13.5. The Labute approximate surface area is 143 Å². The third-order valence-corrected chi connectivity index (χ3v) is 3.86. The van der Waals surface area contributed by atoms with E-state index in [0.29, 0.717) is 16.7 Å². The van der Waals surface area contributed by atoms with Crippen molar-refractivity contribution in [2.45, 2.75) is 19.4 Å². The summed E-state index contributed by atoms with van der Waals surface area (Å²) in [5.41, 5.74) is 1.55. The fourth-order valence-electron chi connectivity index (χ4n) is 2.65. The summed E-state index contributed by atoms with van der Waals surface area (Å²) in [5, 5.41) is 5.38. The molecular weight excluding hydrogens is 326 g/mol. The van der Waals surface area contributed by atoms with Gasteiger partial charge in [-0.3, -0.25) is 4.57 Å². The van der Waals surface area contributed by atoms with E-state index in [2.05, 4.69) is 15.6 Å². The molecule has 2 aromatic carbocycles. The van der Waals surface area contributed by atoms with E-state index in [0.717, 1.165) is 4.57 Å². The van der Waals surface area contributed by atoms with E-state index in [1.54, 1.807) is 43.3 Å². The lowest BCUT2D eigenvalue weighted by atomic mass is 10.1. The number of halogens is 2. The van der Waals surface area contributed by atoms with Crippen LogP contribution in [0.25, 0.3) is 11.0 Å². The zero-order valence-corrected chi connectivity index (χ0v) is 13.6. The van der Waals surface area contributed by atoms with Gasteiger partial charge >= 0.3 is 12.6 Å². The van der Waals surface area contributed by atoms with E-state index >= 15 is 0 Å². The number of carbonyl (C=O) groups is 1. The summed E-state index contributed by atoms with van der Waals surface area (Å²) in [6.07, 6.45) is 0. The molecule has 3 rings (SSSR count). The van der Waals surface area contributed by atoms with Gasteiger partial charge in [-0.25, -0.2) is 9.78 Å². The van der Waals surface area contributed by atoms with Crippen LogP contribution in [0.4, 0.5) is 19.3 Å². The molecule has 7 heteroatoms. The molecule has 25 heavy (non-hydrogen) atoms. The quantitative estimate of drug-likeness (QED) is 0.723. The van der Waals surface area contributed by atoms with Crippen LogP contribution in [0, 0.1) is 0 Å². The third-order valence-electron chi connectivity index (χ3n) is 3.86. The monoisotopic (exact) mass is 344 g/mol. The van der Waals surface area contributed by atoms with Gasteiger partial charge in [0.15, 0.2) is 0 Å². The fourth-order valence-corrected chi connectivity index (χ4v) is 2.65. The molecule has 0 aliphatic rings. The number of para-hydroxylation sites is 3. The minimum atomic E-state index is -2.69. The molecule has 2 amide bonds. The van der Waals surface area contributed by atoms with E-state index in [4.69, 9.17) is 0 Å². The van der Waals surface area contributed by atoms with E-state index < -0.39 is 12.6 Å². The number of anilines is 1. The maximum Gasteiger partial charge on any atom is 0.320 e. The number of hydrogen-bond donors (Lipinski definition) is 2. The molecule has 2 N–H and O–H groups in total. The van der Waals surface area contributed by atoms with Crippen LogP contribution in [0.2, 0.25) is 0 Å². The number of nitrogens with one attached hydrogen (secondary N) is 2. The SMILES string of the molecule is C[C@H](CNC(=O)Nc1ccccc1)c1nc2ccccc2n1C(F)F. The molecule has 0 aliphatic carbocycles. The summed E-state index contributed by atoms with van der Waals surface area (Å²) in [5.74, 6) is -0.126. The van der Waals surface area contributed by atoms with Gasteiger partial charge in [-0.05, 0) is 24.3 Å². The first-order valence-electron chi connectivity index (χ1n) is 7.91. The molecule has 1 heterocycles. The number of benzene rings is 2. The summed E-state index contributed by atoms with van der Waals surface area (Å²) in [6.45, 7) is -0.750. The molecule has 130 valence electrons. The molecule has 1 atom stereocenters. The molecular formula is C18H18F2N4O. The van der Waals surface area contributed by atoms with Crippen LogP contribution in [0.5, 0.6) is 0 Å². The zero-order chi connectivity index (χ0) is 17.8. The van der Waals surface area contributed by atoms with Gasteiger partial charge in [-0.15, -0.1) is 0 Å². The lowest BCUT2D eigenvalue weighted by molar-refractivity contribution is 0.0705. The Bertz CT molecular complexity index is 864. The third kappa shape index (κ3) is 3.76. The molecule has 0 spiro atoms. The first-order valence-corrected chi connectivity index (χ1v) is 7.91. The summed E-state index contributed by atoms with van der Waals surface area (Å²) >= 11 is 0. The van der Waals surface area contributed by atoms with Crippen molar-refractivity contribution in [3.8, 4) is 0 Å². The fraction of sp³-hybridized carbons (Fsp3) is 0.222. The summed E-state index contributed by atoms with van der Waals surface area (Å²) in [7, 11) is 0. The van der Waals surface area contributed by atoms with Gasteiger partial charge < -0.3 is 10.6 Å². The summed E-state index contributed by atoms with van der Waals surface area (Å²) < 4.78 is 27.8. The van der Waals surface area contributed by atoms with E-state index in [1.165, 1.54) is 0 Å². The second kappa shape index (κ2) is 7.29. The predicted octanol–water partition coefficient (Wildman–Crippen LogP) is 4.36.